The van der Waals surface area contributed by atoms with Crippen LogP contribution in [0.1, 0.15) is 37.0 Å². The highest BCUT2D eigenvalue weighted by Gasteiger charge is 2.26. The number of sulfonamides is 1. The zero-order chi connectivity index (χ0) is 15.8. The molecule has 0 saturated heterocycles. The summed E-state index contributed by atoms with van der Waals surface area (Å²) in [7, 11) is -3.76. The molecule has 2 rings (SSSR count). The number of rotatable bonds is 5. The summed E-state index contributed by atoms with van der Waals surface area (Å²) in [5.41, 5.74) is 6.53. The van der Waals surface area contributed by atoms with Crippen LogP contribution in [0.5, 0.6) is 0 Å². The second-order valence-electron chi connectivity index (χ2n) is 5.13. The molecule has 2 heterocycles. The van der Waals surface area contributed by atoms with E-state index in [1.807, 2.05) is 13.8 Å². The highest BCUT2D eigenvalue weighted by molar-refractivity contribution is 7.92. The van der Waals surface area contributed by atoms with Crippen molar-refractivity contribution in [3.05, 3.63) is 29.5 Å². The van der Waals surface area contributed by atoms with Crippen molar-refractivity contribution in [3.63, 3.8) is 0 Å². The van der Waals surface area contributed by atoms with Gasteiger partial charge in [0.2, 0.25) is 0 Å². The Kier molecular flexibility index (Phi) is 4.11. The van der Waals surface area contributed by atoms with E-state index in [4.69, 9.17) is 10.2 Å². The fourth-order valence-electron chi connectivity index (χ4n) is 2.18. The summed E-state index contributed by atoms with van der Waals surface area (Å²) >= 11 is 0. The molecule has 0 amide bonds. The molecule has 116 valence electrons. The Balaban J connectivity index is 2.38. The van der Waals surface area contributed by atoms with Crippen LogP contribution in [-0.4, -0.2) is 18.2 Å². The van der Waals surface area contributed by atoms with E-state index in [1.54, 1.807) is 24.7 Å². The van der Waals surface area contributed by atoms with E-state index in [9.17, 15) is 8.42 Å². The molecule has 0 aliphatic rings. The first-order valence-electron chi connectivity index (χ1n) is 6.62. The van der Waals surface area contributed by atoms with Crippen molar-refractivity contribution in [2.75, 3.05) is 4.72 Å². The molecule has 8 heteroatoms. The summed E-state index contributed by atoms with van der Waals surface area (Å²) in [6, 6.07) is 0.153. The third-order valence-corrected chi connectivity index (χ3v) is 4.76. The van der Waals surface area contributed by atoms with Crippen LogP contribution in [0, 0.1) is 13.8 Å². The number of hydrogen-bond acceptors (Lipinski definition) is 5. The number of aromatic nitrogens is 2. The molecule has 0 bridgehead atoms. The van der Waals surface area contributed by atoms with E-state index >= 15 is 0 Å². The number of nitrogens with two attached hydrogens (primary N) is 1. The Bertz CT molecular complexity index is 744. The van der Waals surface area contributed by atoms with Gasteiger partial charge in [0.05, 0.1) is 11.9 Å². The minimum absolute atomic E-state index is 0.102. The van der Waals surface area contributed by atoms with E-state index in [1.165, 1.54) is 6.20 Å². The second kappa shape index (κ2) is 5.53. The van der Waals surface area contributed by atoms with Gasteiger partial charge in [0.15, 0.2) is 0 Å². The molecule has 0 aromatic carbocycles. The average molecular weight is 312 g/mol. The topological polar surface area (TPSA) is 103 Å². The van der Waals surface area contributed by atoms with Gasteiger partial charge in [-0.2, -0.15) is 5.10 Å². The van der Waals surface area contributed by atoms with Gasteiger partial charge >= 0.3 is 0 Å². The van der Waals surface area contributed by atoms with Crippen molar-refractivity contribution >= 4 is 15.7 Å². The average Bonchev–Trinajstić information content (AvgIpc) is 2.93. The number of nitrogens with zero attached hydrogens (tertiary/aromatic N) is 2. The zero-order valence-corrected chi connectivity index (χ0v) is 13.4. The van der Waals surface area contributed by atoms with Crippen molar-refractivity contribution in [2.45, 2.75) is 45.2 Å². The van der Waals surface area contributed by atoms with Crippen LogP contribution in [0.4, 0.5) is 5.69 Å². The summed E-state index contributed by atoms with van der Waals surface area (Å²) in [5.74, 6) is 0.852. The maximum atomic E-state index is 12.5. The number of anilines is 1. The number of aryl methyl sites for hydroxylation is 2. The molecule has 0 unspecified atom stereocenters. The van der Waals surface area contributed by atoms with Gasteiger partial charge in [0, 0.05) is 24.3 Å². The van der Waals surface area contributed by atoms with Crippen molar-refractivity contribution in [1.29, 1.82) is 0 Å². The Labute approximate surface area is 124 Å². The molecule has 0 saturated carbocycles. The van der Waals surface area contributed by atoms with Crippen LogP contribution in [-0.2, 0) is 16.6 Å². The monoisotopic (exact) mass is 312 g/mol. The van der Waals surface area contributed by atoms with Gasteiger partial charge in [0.1, 0.15) is 16.4 Å². The Morgan fingerprint density at radius 2 is 2.05 bits per heavy atom. The normalized spacial score (nSPS) is 12.1. The predicted molar refractivity (Wildman–Crippen MR) is 79.5 cm³/mol. The second-order valence-corrected chi connectivity index (χ2v) is 6.75. The maximum absolute atomic E-state index is 12.5. The number of hydrogen-bond donors (Lipinski definition) is 2. The zero-order valence-electron chi connectivity index (χ0n) is 12.5. The molecule has 21 heavy (non-hydrogen) atoms. The molecule has 2 aromatic heterocycles. The molecular formula is C13H20N4O3S. The van der Waals surface area contributed by atoms with E-state index in [0.717, 1.165) is 0 Å². The summed E-state index contributed by atoms with van der Waals surface area (Å²) in [4.78, 5) is 0.111. The fraction of sp³-hybridized carbons (Fsp3) is 0.462. The lowest BCUT2D eigenvalue weighted by Gasteiger charge is -2.07. The minimum Gasteiger partial charge on any atom is -0.465 e. The molecule has 0 radical (unpaired) electrons. The number of furan rings is 1. The maximum Gasteiger partial charge on any atom is 0.265 e. The summed E-state index contributed by atoms with van der Waals surface area (Å²) in [6.45, 7) is 7.33. The summed E-state index contributed by atoms with van der Waals surface area (Å²) < 4.78 is 34.6. The molecule has 0 fully saturated rings. The van der Waals surface area contributed by atoms with Crippen LogP contribution in [0.15, 0.2) is 21.7 Å². The molecule has 0 atom stereocenters. The number of nitrogens with one attached hydrogen (secondary N) is 1. The van der Waals surface area contributed by atoms with Crippen molar-refractivity contribution in [3.8, 4) is 0 Å². The van der Waals surface area contributed by atoms with Gasteiger partial charge in [-0.05, 0) is 27.7 Å². The van der Waals surface area contributed by atoms with Crippen LogP contribution < -0.4 is 10.5 Å². The molecule has 0 spiro atoms. The highest BCUT2D eigenvalue weighted by atomic mass is 32.2. The van der Waals surface area contributed by atoms with Crippen molar-refractivity contribution in [2.24, 2.45) is 5.73 Å². The third-order valence-electron chi connectivity index (χ3n) is 3.18. The predicted octanol–water partition coefficient (Wildman–Crippen LogP) is 1.93. The molecule has 0 aliphatic carbocycles. The summed E-state index contributed by atoms with van der Waals surface area (Å²) in [5, 5.41) is 4.11. The van der Waals surface area contributed by atoms with Gasteiger partial charge in [-0.25, -0.2) is 8.42 Å². The SMILES string of the molecule is Cc1oc(C)c(S(=O)(=O)Nc2cnn(C(C)C)c2)c1CN. The van der Waals surface area contributed by atoms with Crippen LogP contribution in [0.25, 0.3) is 0 Å². The quantitative estimate of drug-likeness (QED) is 0.878. The lowest BCUT2D eigenvalue weighted by molar-refractivity contribution is 0.494. The lowest BCUT2D eigenvalue weighted by Crippen LogP contribution is -2.16. The summed E-state index contributed by atoms with van der Waals surface area (Å²) in [6.07, 6.45) is 3.12. The Morgan fingerprint density at radius 3 is 2.57 bits per heavy atom. The van der Waals surface area contributed by atoms with Gasteiger partial charge < -0.3 is 10.2 Å². The Morgan fingerprint density at radius 1 is 1.38 bits per heavy atom. The van der Waals surface area contributed by atoms with E-state index in [2.05, 4.69) is 9.82 Å². The van der Waals surface area contributed by atoms with Crippen molar-refractivity contribution < 1.29 is 12.8 Å². The largest absolute Gasteiger partial charge is 0.465 e. The fourth-order valence-corrected chi connectivity index (χ4v) is 3.67. The van der Waals surface area contributed by atoms with Crippen LogP contribution >= 0.6 is 0 Å². The molecule has 7 nitrogen and oxygen atoms in total. The first-order valence-corrected chi connectivity index (χ1v) is 8.10. The smallest absolute Gasteiger partial charge is 0.265 e. The first-order chi connectivity index (χ1) is 9.76. The Hall–Kier alpha value is -1.80. The molecular weight excluding hydrogens is 292 g/mol. The first kappa shape index (κ1) is 15.6. The third kappa shape index (κ3) is 2.96. The minimum atomic E-state index is -3.76. The molecule has 3 N–H and O–H groups in total. The van der Waals surface area contributed by atoms with Gasteiger partial charge in [-0.1, -0.05) is 0 Å². The van der Waals surface area contributed by atoms with Crippen LogP contribution in [0.2, 0.25) is 0 Å². The van der Waals surface area contributed by atoms with Gasteiger partial charge in [-0.3, -0.25) is 9.40 Å². The molecule has 0 aliphatic heterocycles. The standard InChI is InChI=1S/C13H20N4O3S/c1-8(2)17-7-11(6-15-17)16-21(18,19)13-10(4)20-9(3)12(13)5-14/h6-8,16H,5,14H2,1-4H3. The van der Waals surface area contributed by atoms with Gasteiger partial charge in [0.25, 0.3) is 10.0 Å². The van der Waals surface area contributed by atoms with Crippen LogP contribution in [0.3, 0.4) is 0 Å². The van der Waals surface area contributed by atoms with E-state index in [0.29, 0.717) is 22.8 Å². The lowest BCUT2D eigenvalue weighted by atomic mass is 10.2. The van der Waals surface area contributed by atoms with Gasteiger partial charge in [-0.15, -0.1) is 0 Å². The van der Waals surface area contributed by atoms with Crippen molar-refractivity contribution in [1.82, 2.24) is 9.78 Å². The van der Waals surface area contributed by atoms with E-state index in [-0.39, 0.29) is 17.5 Å². The highest BCUT2D eigenvalue weighted by Crippen LogP contribution is 2.28. The van der Waals surface area contributed by atoms with E-state index < -0.39 is 10.0 Å². The molecule has 2 aromatic rings.